The Morgan fingerprint density at radius 3 is 2.74 bits per heavy atom. The molecule has 146 valence electrons. The van der Waals surface area contributed by atoms with Crippen LogP contribution in [0.25, 0.3) is 0 Å². The highest BCUT2D eigenvalue weighted by molar-refractivity contribution is 6.02. The van der Waals surface area contributed by atoms with Crippen LogP contribution in [-0.2, 0) is 5.54 Å². The van der Waals surface area contributed by atoms with Gasteiger partial charge >= 0.3 is 6.18 Å². The van der Waals surface area contributed by atoms with Gasteiger partial charge in [0.2, 0.25) is 0 Å². The Kier molecular flexibility index (Phi) is 4.73. The van der Waals surface area contributed by atoms with Crippen LogP contribution < -0.4 is 16.4 Å². The highest BCUT2D eigenvalue weighted by Crippen LogP contribution is 2.47. The van der Waals surface area contributed by atoms with Crippen molar-refractivity contribution in [3.63, 3.8) is 0 Å². The van der Waals surface area contributed by atoms with Crippen molar-refractivity contribution in [3.05, 3.63) is 47.4 Å². The normalized spacial score (nSPS) is 25.6. The van der Waals surface area contributed by atoms with Crippen LogP contribution in [-0.4, -0.2) is 23.2 Å². The minimum absolute atomic E-state index is 0.00114. The summed E-state index contributed by atoms with van der Waals surface area (Å²) in [6.07, 6.45) is -4.74. The van der Waals surface area contributed by atoms with Crippen LogP contribution in [0, 0.1) is 18.7 Å². The van der Waals surface area contributed by atoms with E-state index in [-0.39, 0.29) is 29.3 Å². The first kappa shape index (κ1) is 19.3. The van der Waals surface area contributed by atoms with Crippen molar-refractivity contribution >= 4 is 11.6 Å². The van der Waals surface area contributed by atoms with Gasteiger partial charge in [0, 0.05) is 18.2 Å². The number of carbonyl (C=O) groups is 1. The number of nitrogens with two attached hydrogens (primary N) is 1. The predicted octanol–water partition coefficient (Wildman–Crippen LogP) is 3.05. The average Bonchev–Trinajstić information content (AvgIpc) is 3.12. The number of aromatic nitrogens is 1. The van der Waals surface area contributed by atoms with E-state index in [1.165, 1.54) is 19.1 Å². The topological polar surface area (TPSA) is 93.2 Å². The van der Waals surface area contributed by atoms with E-state index in [1.807, 2.05) is 0 Å². The van der Waals surface area contributed by atoms with E-state index in [0.717, 1.165) is 12.3 Å². The zero-order valence-electron chi connectivity index (χ0n) is 14.5. The summed E-state index contributed by atoms with van der Waals surface area (Å²) >= 11 is 0. The molecule has 2 heterocycles. The van der Waals surface area contributed by atoms with Crippen LogP contribution in [0.2, 0.25) is 0 Å². The number of anilines is 1. The molecule has 1 aliphatic heterocycles. The molecule has 1 fully saturated rings. The Balaban J connectivity index is 1.94. The molecule has 0 spiro atoms. The molecular weight excluding hydrogens is 368 g/mol. The molecule has 0 aliphatic carbocycles. The lowest BCUT2D eigenvalue weighted by Crippen LogP contribution is -2.47. The number of nitrogens with one attached hydrogen (secondary N) is 2. The van der Waals surface area contributed by atoms with Gasteiger partial charge in [-0.3, -0.25) is 10.1 Å². The van der Waals surface area contributed by atoms with Crippen molar-refractivity contribution in [2.24, 2.45) is 11.7 Å². The van der Waals surface area contributed by atoms with Crippen LogP contribution in [0.4, 0.5) is 23.2 Å². The zero-order valence-corrected chi connectivity index (χ0v) is 14.5. The van der Waals surface area contributed by atoms with Crippen LogP contribution >= 0.6 is 0 Å². The minimum atomic E-state index is -4.57. The predicted molar refractivity (Wildman–Crippen MR) is 88.2 cm³/mol. The Hall–Kier alpha value is -2.46. The van der Waals surface area contributed by atoms with Crippen LogP contribution in [0.3, 0.4) is 0 Å². The average molecular weight is 386 g/mol. The van der Waals surface area contributed by atoms with Gasteiger partial charge in [-0.25, -0.2) is 9.37 Å². The molecule has 0 saturated carbocycles. The van der Waals surface area contributed by atoms with E-state index < -0.39 is 35.5 Å². The zero-order chi connectivity index (χ0) is 20.0. The number of halogens is 4. The number of benzene rings is 1. The smallest absolute Gasteiger partial charge is 0.394 e. The molecule has 1 amide bonds. The fraction of sp³-hybridized carbons (Fsp3) is 0.412. The minimum Gasteiger partial charge on any atom is -0.448 e. The number of aryl methyl sites for hydroxylation is 1. The summed E-state index contributed by atoms with van der Waals surface area (Å²) in [6, 6.07) is 3.43. The maximum absolute atomic E-state index is 14.4. The van der Waals surface area contributed by atoms with Crippen LogP contribution in [0.1, 0.15) is 35.3 Å². The lowest BCUT2D eigenvalue weighted by atomic mass is 9.80. The van der Waals surface area contributed by atoms with E-state index in [2.05, 4.69) is 15.6 Å². The van der Waals surface area contributed by atoms with Gasteiger partial charge in [-0.2, -0.15) is 13.2 Å². The van der Waals surface area contributed by atoms with Gasteiger partial charge in [0.1, 0.15) is 12.1 Å². The number of amides is 1. The van der Waals surface area contributed by atoms with Crippen LogP contribution in [0.15, 0.2) is 28.9 Å². The van der Waals surface area contributed by atoms with Crippen molar-refractivity contribution in [1.82, 2.24) is 10.3 Å². The van der Waals surface area contributed by atoms with Gasteiger partial charge in [0.25, 0.3) is 5.91 Å². The molecule has 6 nitrogen and oxygen atoms in total. The van der Waals surface area contributed by atoms with Crippen molar-refractivity contribution in [3.8, 4) is 0 Å². The third-order valence-corrected chi connectivity index (χ3v) is 4.70. The third kappa shape index (κ3) is 3.67. The number of carbonyl (C=O) groups excluding carboxylic acids is 1. The third-order valence-electron chi connectivity index (χ3n) is 4.70. The summed E-state index contributed by atoms with van der Waals surface area (Å²) in [5.74, 6) is -3.05. The molecule has 2 aromatic rings. The Bertz CT molecular complexity index is 867. The van der Waals surface area contributed by atoms with Crippen molar-refractivity contribution in [1.29, 1.82) is 0 Å². The molecule has 27 heavy (non-hydrogen) atoms. The molecule has 3 atom stereocenters. The van der Waals surface area contributed by atoms with E-state index >= 15 is 0 Å². The maximum Gasteiger partial charge on any atom is 0.394 e. The van der Waals surface area contributed by atoms with E-state index in [0.29, 0.717) is 0 Å². The van der Waals surface area contributed by atoms with E-state index in [1.54, 1.807) is 6.92 Å². The second-order valence-electron chi connectivity index (χ2n) is 6.68. The molecule has 3 rings (SSSR count). The van der Waals surface area contributed by atoms with Gasteiger partial charge in [0.15, 0.2) is 11.6 Å². The summed E-state index contributed by atoms with van der Waals surface area (Å²) in [6.45, 7) is 2.81. The van der Waals surface area contributed by atoms with Gasteiger partial charge < -0.3 is 15.5 Å². The molecule has 1 saturated heterocycles. The SMILES string of the molecule is Cc1nc(C(=O)Nc2ccc(F)c([C@]3(C)NC(N)C[C@@H]3C(F)(F)F)c2)co1. The molecule has 4 N–H and O–H groups in total. The lowest BCUT2D eigenvalue weighted by Gasteiger charge is -2.34. The largest absolute Gasteiger partial charge is 0.448 e. The number of hydrogen-bond donors (Lipinski definition) is 3. The molecule has 0 bridgehead atoms. The molecule has 10 heteroatoms. The summed E-state index contributed by atoms with van der Waals surface area (Å²) < 4.78 is 59.8. The second-order valence-corrected chi connectivity index (χ2v) is 6.68. The lowest BCUT2D eigenvalue weighted by molar-refractivity contribution is -0.188. The number of rotatable bonds is 3. The second kappa shape index (κ2) is 6.61. The Labute approximate surface area is 152 Å². The van der Waals surface area contributed by atoms with Gasteiger partial charge in [-0.1, -0.05) is 0 Å². The summed E-state index contributed by atoms with van der Waals surface area (Å²) in [5.41, 5.74) is 3.78. The molecule has 1 aromatic carbocycles. The molecule has 1 aromatic heterocycles. The van der Waals surface area contributed by atoms with Gasteiger partial charge in [-0.15, -0.1) is 0 Å². The fourth-order valence-corrected chi connectivity index (χ4v) is 3.42. The Morgan fingerprint density at radius 2 is 2.15 bits per heavy atom. The van der Waals surface area contributed by atoms with Gasteiger partial charge in [-0.05, 0) is 31.5 Å². The monoisotopic (exact) mass is 386 g/mol. The highest BCUT2D eigenvalue weighted by atomic mass is 19.4. The quantitative estimate of drug-likeness (QED) is 0.705. The van der Waals surface area contributed by atoms with Crippen LogP contribution in [0.5, 0.6) is 0 Å². The Morgan fingerprint density at radius 1 is 1.44 bits per heavy atom. The molecule has 1 unspecified atom stereocenters. The number of oxazole rings is 1. The molecule has 0 radical (unpaired) electrons. The summed E-state index contributed by atoms with van der Waals surface area (Å²) in [5, 5.41) is 5.11. The first-order chi connectivity index (χ1) is 12.5. The standard InChI is InChI=1S/C17H18F4N4O2/c1-8-23-12(7-27-8)15(26)24-9-3-4-11(18)10(5-9)16(2)13(17(19,20)21)6-14(22)25-16/h3-5,7,13-14,25H,6,22H2,1-2H3,(H,24,26)/t13-,14?,16-/m0/s1. The van der Waals surface area contributed by atoms with E-state index in [4.69, 9.17) is 10.2 Å². The highest BCUT2D eigenvalue weighted by Gasteiger charge is 2.57. The van der Waals surface area contributed by atoms with E-state index in [9.17, 15) is 22.4 Å². The maximum atomic E-state index is 14.4. The van der Waals surface area contributed by atoms with Crippen molar-refractivity contribution in [2.75, 3.05) is 5.32 Å². The summed E-state index contributed by atoms with van der Waals surface area (Å²) in [7, 11) is 0. The first-order valence-electron chi connectivity index (χ1n) is 8.14. The first-order valence-corrected chi connectivity index (χ1v) is 8.14. The number of alkyl halides is 3. The summed E-state index contributed by atoms with van der Waals surface area (Å²) in [4.78, 5) is 16.0. The number of hydrogen-bond acceptors (Lipinski definition) is 5. The number of nitrogens with zero attached hydrogens (tertiary/aromatic N) is 1. The van der Waals surface area contributed by atoms with Gasteiger partial charge in [0.05, 0.1) is 17.6 Å². The fourth-order valence-electron chi connectivity index (χ4n) is 3.42. The van der Waals surface area contributed by atoms with Crippen molar-refractivity contribution < 1.29 is 26.8 Å². The molecular formula is C17H18F4N4O2. The van der Waals surface area contributed by atoms with Crippen molar-refractivity contribution in [2.45, 2.75) is 38.1 Å². The molecule has 1 aliphatic rings.